The molecule has 2 aromatic carbocycles. The molecule has 7 N–H and O–H groups in total. The first-order chi connectivity index (χ1) is 18.0. The molecular formula is C24H33ClN8O2S2. The summed E-state index contributed by atoms with van der Waals surface area (Å²) in [6.07, 6.45) is 1.39. The number of nitrogens with zero attached hydrogens (tertiary/aromatic N) is 4. The predicted octanol–water partition coefficient (Wildman–Crippen LogP) is 3.20. The summed E-state index contributed by atoms with van der Waals surface area (Å²) < 4.78 is 19.2. The van der Waals surface area contributed by atoms with Crippen molar-refractivity contribution in [3.63, 3.8) is 0 Å². The quantitative estimate of drug-likeness (QED) is 0.225. The van der Waals surface area contributed by atoms with Crippen LogP contribution in [0.5, 0.6) is 11.5 Å². The molecule has 0 atom stereocenters. The number of rotatable bonds is 10. The number of hydrogen-bond donors (Lipinski definition) is 4. The van der Waals surface area contributed by atoms with Crippen molar-refractivity contribution >= 4 is 39.8 Å². The standard InChI is InChI=1S/C12H16N4OS.C10H9ClN2OS.C2H8N2/c1-17-10-4-2-3-9(7-10)8-11-15-12(18-16-11)14-6-5-13;1-14-8-4-2-3-7(5-8)6-9-12-10(11)15-13-9;3-1-2-4/h2-4,7H,5-6,8,13H2,1H3,(H,14,15,16);2-5H,6H2,1H3;1-4H2. The summed E-state index contributed by atoms with van der Waals surface area (Å²) in [7, 11) is 3.31. The van der Waals surface area contributed by atoms with Gasteiger partial charge in [-0.3, -0.25) is 0 Å². The molecule has 0 aliphatic heterocycles. The third-order valence-electron chi connectivity index (χ3n) is 4.49. The Bertz CT molecular complexity index is 1170. The number of benzene rings is 2. The summed E-state index contributed by atoms with van der Waals surface area (Å²) in [6, 6.07) is 15.8. The van der Waals surface area contributed by atoms with Crippen molar-refractivity contribution < 1.29 is 9.47 Å². The van der Waals surface area contributed by atoms with Crippen LogP contribution in [0.2, 0.25) is 4.47 Å². The summed E-state index contributed by atoms with van der Waals surface area (Å²) in [5.41, 5.74) is 17.5. The normalized spacial score (nSPS) is 10.0. The van der Waals surface area contributed by atoms with Crippen LogP contribution in [0, 0.1) is 0 Å². The zero-order valence-corrected chi connectivity index (χ0v) is 23.3. The van der Waals surface area contributed by atoms with Crippen LogP contribution < -0.4 is 32.0 Å². The zero-order valence-electron chi connectivity index (χ0n) is 20.9. The average Bonchev–Trinajstić information content (AvgIpc) is 3.56. The Morgan fingerprint density at radius 3 is 1.78 bits per heavy atom. The zero-order chi connectivity index (χ0) is 26.9. The van der Waals surface area contributed by atoms with Crippen LogP contribution in [-0.4, -0.2) is 59.1 Å². The maximum absolute atomic E-state index is 5.71. The third kappa shape index (κ3) is 11.8. The lowest BCUT2D eigenvalue weighted by Crippen LogP contribution is -2.12. The van der Waals surface area contributed by atoms with Gasteiger partial charge in [-0.25, -0.2) is 9.97 Å². The van der Waals surface area contributed by atoms with Crippen molar-refractivity contribution in [3.05, 3.63) is 75.8 Å². The molecule has 37 heavy (non-hydrogen) atoms. The maximum Gasteiger partial charge on any atom is 0.203 e. The van der Waals surface area contributed by atoms with Crippen LogP contribution in [0.25, 0.3) is 0 Å². The van der Waals surface area contributed by atoms with Crippen LogP contribution in [0.1, 0.15) is 22.8 Å². The highest BCUT2D eigenvalue weighted by atomic mass is 35.5. The van der Waals surface area contributed by atoms with Gasteiger partial charge in [-0.2, -0.15) is 8.75 Å². The number of methoxy groups -OCH3 is 2. The fourth-order valence-corrected chi connectivity index (χ4v) is 4.05. The fourth-order valence-electron chi connectivity index (χ4n) is 2.81. The Labute approximate surface area is 230 Å². The molecule has 0 amide bonds. The van der Waals surface area contributed by atoms with Gasteiger partial charge in [-0.15, -0.1) is 0 Å². The van der Waals surface area contributed by atoms with Gasteiger partial charge in [0.25, 0.3) is 0 Å². The van der Waals surface area contributed by atoms with Crippen molar-refractivity contribution in [1.82, 2.24) is 18.7 Å². The number of aromatic nitrogens is 4. The van der Waals surface area contributed by atoms with Crippen LogP contribution in [0.4, 0.5) is 5.13 Å². The van der Waals surface area contributed by atoms with E-state index < -0.39 is 0 Å². The number of ether oxygens (including phenoxy) is 2. The molecule has 0 aliphatic carbocycles. The molecule has 0 saturated carbocycles. The van der Waals surface area contributed by atoms with Crippen molar-refractivity contribution in [2.24, 2.45) is 17.2 Å². The van der Waals surface area contributed by atoms with Crippen LogP contribution >= 0.6 is 34.7 Å². The lowest BCUT2D eigenvalue weighted by atomic mass is 10.1. The predicted molar refractivity (Wildman–Crippen MR) is 152 cm³/mol. The third-order valence-corrected chi connectivity index (χ3v) is 6.04. The molecule has 0 unspecified atom stereocenters. The molecule has 0 aliphatic rings. The second-order valence-corrected chi connectivity index (χ2v) is 9.41. The minimum atomic E-state index is 0.480. The monoisotopic (exact) mass is 564 g/mol. The van der Waals surface area contributed by atoms with Gasteiger partial charge in [0.1, 0.15) is 23.1 Å². The molecule has 0 fully saturated rings. The first kappa shape index (κ1) is 30.4. The molecule has 10 nitrogen and oxygen atoms in total. The summed E-state index contributed by atoms with van der Waals surface area (Å²) in [6.45, 7) is 2.50. The number of hydrogen-bond acceptors (Lipinski definition) is 12. The second-order valence-electron chi connectivity index (χ2n) is 7.33. The van der Waals surface area contributed by atoms with Gasteiger partial charge in [0.05, 0.1) is 14.2 Å². The summed E-state index contributed by atoms with van der Waals surface area (Å²) in [5.74, 6) is 3.25. The highest BCUT2D eigenvalue weighted by Gasteiger charge is 2.06. The highest BCUT2D eigenvalue weighted by Crippen LogP contribution is 2.18. The summed E-state index contributed by atoms with van der Waals surface area (Å²) in [4.78, 5) is 8.49. The molecule has 4 rings (SSSR count). The first-order valence-corrected chi connectivity index (χ1v) is 13.3. The van der Waals surface area contributed by atoms with Gasteiger partial charge in [0.2, 0.25) is 9.60 Å². The Balaban J connectivity index is 0.000000230. The van der Waals surface area contributed by atoms with Gasteiger partial charge in [-0.05, 0) is 58.5 Å². The van der Waals surface area contributed by atoms with Crippen LogP contribution in [-0.2, 0) is 12.8 Å². The van der Waals surface area contributed by atoms with Crippen molar-refractivity contribution in [3.8, 4) is 11.5 Å². The molecule has 0 spiro atoms. The topological polar surface area (TPSA) is 160 Å². The van der Waals surface area contributed by atoms with E-state index in [1.807, 2.05) is 48.5 Å². The number of halogens is 1. The van der Waals surface area contributed by atoms with Crippen LogP contribution in [0.15, 0.2) is 48.5 Å². The molecule has 0 radical (unpaired) electrons. The average molecular weight is 565 g/mol. The molecule has 4 aromatic rings. The largest absolute Gasteiger partial charge is 0.497 e. The van der Waals surface area contributed by atoms with Gasteiger partial charge >= 0.3 is 0 Å². The van der Waals surface area contributed by atoms with E-state index >= 15 is 0 Å². The Morgan fingerprint density at radius 1 is 0.784 bits per heavy atom. The first-order valence-electron chi connectivity index (χ1n) is 11.4. The molecule has 200 valence electrons. The molecule has 0 saturated heterocycles. The van der Waals surface area contributed by atoms with Gasteiger partial charge in [-0.1, -0.05) is 24.3 Å². The SMILES string of the molecule is COc1cccc(Cc2nsc(Cl)n2)c1.COc1cccc(Cc2nsc(NCCN)n2)c1.NCCN. The number of nitrogens with two attached hydrogens (primary N) is 3. The van der Waals surface area contributed by atoms with E-state index in [2.05, 4.69) is 24.0 Å². The second kappa shape index (κ2) is 17.6. The van der Waals surface area contributed by atoms with Gasteiger partial charge < -0.3 is 32.0 Å². The minimum absolute atomic E-state index is 0.480. The molecule has 2 heterocycles. The number of anilines is 1. The van der Waals surface area contributed by atoms with E-state index in [0.717, 1.165) is 39.4 Å². The van der Waals surface area contributed by atoms with E-state index in [1.165, 1.54) is 23.1 Å². The smallest absolute Gasteiger partial charge is 0.203 e. The maximum atomic E-state index is 5.71. The molecule has 0 bridgehead atoms. The Morgan fingerprint density at radius 2 is 1.32 bits per heavy atom. The molecule has 13 heteroatoms. The summed E-state index contributed by atoms with van der Waals surface area (Å²) in [5, 5.41) is 3.94. The van der Waals surface area contributed by atoms with E-state index in [-0.39, 0.29) is 0 Å². The van der Waals surface area contributed by atoms with E-state index in [9.17, 15) is 0 Å². The van der Waals surface area contributed by atoms with Crippen molar-refractivity contribution in [2.45, 2.75) is 12.8 Å². The highest BCUT2D eigenvalue weighted by molar-refractivity contribution is 7.10. The molecular weight excluding hydrogens is 532 g/mol. The Kier molecular flexibility index (Phi) is 14.4. The van der Waals surface area contributed by atoms with Crippen molar-refractivity contribution in [1.29, 1.82) is 0 Å². The van der Waals surface area contributed by atoms with Gasteiger partial charge in [0.15, 0.2) is 0 Å². The fraction of sp³-hybridized carbons (Fsp3) is 0.333. The lowest BCUT2D eigenvalue weighted by Gasteiger charge is -2.02. The van der Waals surface area contributed by atoms with Crippen molar-refractivity contribution in [2.75, 3.05) is 45.7 Å². The Hall–Kier alpha value is -2.87. The van der Waals surface area contributed by atoms with E-state index in [4.69, 9.17) is 38.3 Å². The summed E-state index contributed by atoms with van der Waals surface area (Å²) >= 11 is 8.27. The number of nitrogens with one attached hydrogen (secondary N) is 1. The minimum Gasteiger partial charge on any atom is -0.497 e. The van der Waals surface area contributed by atoms with Crippen LogP contribution in [0.3, 0.4) is 0 Å². The van der Waals surface area contributed by atoms with E-state index in [0.29, 0.717) is 43.5 Å². The van der Waals surface area contributed by atoms with Gasteiger partial charge in [0, 0.05) is 50.6 Å². The molecule has 2 aromatic heterocycles. The van der Waals surface area contributed by atoms with E-state index in [1.54, 1.807) is 14.2 Å². The lowest BCUT2D eigenvalue weighted by molar-refractivity contribution is 0.414.